The molecule has 0 aliphatic carbocycles. The third-order valence-electron chi connectivity index (χ3n) is 0. The van der Waals surface area contributed by atoms with E-state index in [1.165, 1.54) is 6.19 Å². The van der Waals surface area contributed by atoms with Crippen molar-refractivity contribution in [1.82, 2.24) is 0 Å². The number of hydrogen-bond donors (Lipinski definition) is 1. The van der Waals surface area contributed by atoms with E-state index in [2.05, 4.69) is 5.73 Å². The van der Waals surface area contributed by atoms with Crippen LogP contribution in [0.1, 0.15) is 0 Å². The fourth-order valence-corrected chi connectivity index (χ4v) is 0. The molecule has 0 unspecified atom stereocenters. The van der Waals surface area contributed by atoms with Crippen LogP contribution in [0.2, 0.25) is 0 Å². The average molecular weight is 97.9 g/mol. The molecule has 2 N–H and O–H groups in total. The standard InChI is InChI=1S/CH2N2.Fe/c2-1-3;/h2H2;. The van der Waals surface area contributed by atoms with E-state index in [1.54, 1.807) is 0 Å². The molecule has 0 aromatic carbocycles. The van der Waals surface area contributed by atoms with Gasteiger partial charge in [0.05, 0.1) is 0 Å². The van der Waals surface area contributed by atoms with Gasteiger partial charge in [0.15, 0.2) is 6.19 Å². The maximum Gasteiger partial charge on any atom is 0.173 e. The average Bonchev–Trinajstić information content (AvgIpc) is 0.918. The molecule has 0 aromatic rings. The van der Waals surface area contributed by atoms with Gasteiger partial charge in [0.2, 0.25) is 0 Å². The Bertz CT molecular complexity index is 27.5. The van der Waals surface area contributed by atoms with Gasteiger partial charge in [0, 0.05) is 17.1 Å². The molecule has 4 heavy (non-hydrogen) atoms. The van der Waals surface area contributed by atoms with Crippen LogP contribution in [0, 0.1) is 11.5 Å². The summed E-state index contributed by atoms with van der Waals surface area (Å²) in [4.78, 5) is 0. The van der Waals surface area contributed by atoms with Crippen LogP contribution in [0.15, 0.2) is 0 Å². The summed E-state index contributed by atoms with van der Waals surface area (Å²) >= 11 is 0. The summed E-state index contributed by atoms with van der Waals surface area (Å²) < 4.78 is 0. The van der Waals surface area contributed by atoms with Gasteiger partial charge in [-0.15, -0.1) is 0 Å². The van der Waals surface area contributed by atoms with Crippen LogP contribution in [0.5, 0.6) is 0 Å². The van der Waals surface area contributed by atoms with Crippen LogP contribution in [-0.2, 0) is 17.1 Å². The summed E-state index contributed by atoms with van der Waals surface area (Å²) in [5, 5.41) is 7.10. The predicted molar refractivity (Wildman–Crippen MR) is 9.80 cm³/mol. The summed E-state index contributed by atoms with van der Waals surface area (Å²) in [6.07, 6.45) is 1.25. The zero-order valence-corrected chi connectivity index (χ0v) is 2.98. The van der Waals surface area contributed by atoms with E-state index in [4.69, 9.17) is 5.26 Å². The molecular formula is CH2FeN2. The van der Waals surface area contributed by atoms with E-state index in [-0.39, 0.29) is 17.1 Å². The van der Waals surface area contributed by atoms with Crippen LogP contribution in [0.25, 0.3) is 0 Å². The summed E-state index contributed by atoms with van der Waals surface area (Å²) in [7, 11) is 0. The monoisotopic (exact) mass is 98.0 g/mol. The van der Waals surface area contributed by atoms with E-state index in [0.717, 1.165) is 0 Å². The van der Waals surface area contributed by atoms with Crippen LogP contribution in [0.4, 0.5) is 0 Å². The topological polar surface area (TPSA) is 49.8 Å². The minimum atomic E-state index is 0. The fraction of sp³-hybridized carbons (Fsp3) is 0. The molecule has 0 bridgehead atoms. The molecule has 0 spiro atoms. The first kappa shape index (κ1) is 9.18. The Kier molecular flexibility index (Phi) is 32.2. The van der Waals surface area contributed by atoms with Gasteiger partial charge in [-0.3, -0.25) is 0 Å². The summed E-state index contributed by atoms with van der Waals surface area (Å²) in [5.41, 5.74) is 4.15. The van der Waals surface area contributed by atoms with Gasteiger partial charge in [-0.25, -0.2) is 0 Å². The Labute approximate surface area is 35.1 Å². The second-order valence-corrected chi connectivity index (χ2v) is 0.129. The minimum absolute atomic E-state index is 0. The predicted octanol–water partition coefficient (Wildman–Crippen LogP) is -0.576. The van der Waals surface area contributed by atoms with E-state index in [1.807, 2.05) is 0 Å². The van der Waals surface area contributed by atoms with Gasteiger partial charge in [0.25, 0.3) is 0 Å². The van der Waals surface area contributed by atoms with Crippen molar-refractivity contribution in [3.8, 4) is 6.19 Å². The SMILES string of the molecule is N#CN.[Fe]. The van der Waals surface area contributed by atoms with Crippen molar-refractivity contribution in [2.75, 3.05) is 0 Å². The van der Waals surface area contributed by atoms with Crippen molar-refractivity contribution in [3.05, 3.63) is 0 Å². The van der Waals surface area contributed by atoms with Crippen LogP contribution < -0.4 is 5.73 Å². The van der Waals surface area contributed by atoms with Gasteiger partial charge in [-0.2, -0.15) is 5.26 Å². The molecule has 0 fully saturated rings. The Balaban J connectivity index is 0. The maximum absolute atomic E-state index is 7.10. The second-order valence-electron chi connectivity index (χ2n) is 0.129. The van der Waals surface area contributed by atoms with Gasteiger partial charge in [-0.1, -0.05) is 0 Å². The Morgan fingerprint density at radius 2 is 1.75 bits per heavy atom. The van der Waals surface area contributed by atoms with Crippen LogP contribution in [-0.4, -0.2) is 0 Å². The van der Waals surface area contributed by atoms with E-state index >= 15 is 0 Å². The number of nitrogens with zero attached hydrogens (tertiary/aromatic N) is 1. The van der Waals surface area contributed by atoms with E-state index in [9.17, 15) is 0 Å². The van der Waals surface area contributed by atoms with Crippen molar-refractivity contribution in [1.29, 1.82) is 5.26 Å². The molecule has 2 nitrogen and oxygen atoms in total. The fourth-order valence-electron chi connectivity index (χ4n) is 0. The van der Waals surface area contributed by atoms with Crippen molar-refractivity contribution in [2.45, 2.75) is 0 Å². The number of nitrogens with two attached hydrogens (primary N) is 1. The molecule has 0 aromatic heterocycles. The van der Waals surface area contributed by atoms with Crippen molar-refractivity contribution < 1.29 is 17.1 Å². The van der Waals surface area contributed by atoms with E-state index in [0.29, 0.717) is 0 Å². The molecule has 0 saturated heterocycles. The first-order valence-electron chi connectivity index (χ1n) is 0.512. The third-order valence-corrected chi connectivity index (χ3v) is 0. The van der Waals surface area contributed by atoms with Gasteiger partial charge in [-0.05, 0) is 0 Å². The molecule has 3 heteroatoms. The summed E-state index contributed by atoms with van der Waals surface area (Å²) in [5.74, 6) is 0. The van der Waals surface area contributed by atoms with Gasteiger partial charge >= 0.3 is 0 Å². The quantitative estimate of drug-likeness (QED) is 0.250. The molecule has 0 heterocycles. The number of nitriles is 1. The van der Waals surface area contributed by atoms with Crippen LogP contribution in [0.3, 0.4) is 0 Å². The molecule has 0 radical (unpaired) electrons. The van der Waals surface area contributed by atoms with Crippen LogP contribution >= 0.6 is 0 Å². The van der Waals surface area contributed by atoms with Gasteiger partial charge < -0.3 is 5.73 Å². The Morgan fingerprint density at radius 1 is 1.75 bits per heavy atom. The molecule has 0 amide bonds. The maximum atomic E-state index is 7.10. The Morgan fingerprint density at radius 3 is 1.75 bits per heavy atom. The minimum Gasteiger partial charge on any atom is -0.337 e. The smallest absolute Gasteiger partial charge is 0.173 e. The van der Waals surface area contributed by atoms with Crippen molar-refractivity contribution >= 4 is 0 Å². The molecule has 0 rings (SSSR count). The molecular weight excluding hydrogens is 95.9 g/mol. The Hall–Kier alpha value is -0.191. The van der Waals surface area contributed by atoms with Crippen molar-refractivity contribution in [2.24, 2.45) is 5.73 Å². The van der Waals surface area contributed by atoms with Crippen molar-refractivity contribution in [3.63, 3.8) is 0 Å². The zero-order valence-electron chi connectivity index (χ0n) is 1.88. The first-order chi connectivity index (χ1) is 1.41. The van der Waals surface area contributed by atoms with Gasteiger partial charge in [0.1, 0.15) is 0 Å². The second kappa shape index (κ2) is 14.0. The largest absolute Gasteiger partial charge is 0.337 e. The number of hydrogen-bond acceptors (Lipinski definition) is 2. The zero-order chi connectivity index (χ0) is 2.71. The molecule has 0 aliphatic rings. The molecule has 0 atom stereocenters. The molecule has 0 saturated carbocycles. The molecule has 0 aliphatic heterocycles. The number of rotatable bonds is 0. The molecule has 24 valence electrons. The summed E-state index contributed by atoms with van der Waals surface area (Å²) in [6, 6.07) is 0. The third kappa shape index (κ3) is 32.7. The normalized spacial score (nSPS) is 1.75. The van der Waals surface area contributed by atoms with E-state index < -0.39 is 0 Å². The summed E-state index contributed by atoms with van der Waals surface area (Å²) in [6.45, 7) is 0. The first-order valence-corrected chi connectivity index (χ1v) is 0.512.